The number of carbonyl (C=O) groups is 2. The molecule has 10 radical (unpaired) electrons. The predicted octanol–water partition coefficient (Wildman–Crippen LogP) is 3.55. The van der Waals surface area contributed by atoms with Gasteiger partial charge >= 0.3 is 23.2 Å². The number of amides is 1. The van der Waals surface area contributed by atoms with E-state index in [0.717, 1.165) is 5.92 Å². The predicted molar refractivity (Wildman–Crippen MR) is 116 cm³/mol. The van der Waals surface area contributed by atoms with Gasteiger partial charge in [0.05, 0.1) is 11.5 Å². The van der Waals surface area contributed by atoms with Crippen LogP contribution in [0.25, 0.3) is 0 Å². The van der Waals surface area contributed by atoms with Crippen molar-refractivity contribution in [1.29, 1.82) is 0 Å². The van der Waals surface area contributed by atoms with Crippen LogP contribution in [0.4, 0.5) is 10.5 Å². The maximum Gasteiger partial charge on any atom is 2.00 e. The molecule has 1 aromatic carbocycles. The van der Waals surface area contributed by atoms with Crippen LogP contribution in [0.1, 0.15) is 23.7 Å². The van der Waals surface area contributed by atoms with Gasteiger partial charge in [-0.2, -0.15) is 0 Å². The van der Waals surface area contributed by atoms with Gasteiger partial charge in [0.15, 0.2) is 5.78 Å². The maximum atomic E-state index is 12.6. The van der Waals surface area contributed by atoms with Gasteiger partial charge in [0.2, 0.25) is 0 Å². The molecule has 168 valence electrons. The minimum absolute atomic E-state index is 0. The van der Waals surface area contributed by atoms with Crippen LogP contribution in [0.3, 0.4) is 0 Å². The van der Waals surface area contributed by atoms with E-state index in [-0.39, 0.29) is 41.6 Å². The van der Waals surface area contributed by atoms with Crippen molar-refractivity contribution >= 4 is 17.6 Å². The van der Waals surface area contributed by atoms with Crippen LogP contribution in [-0.2, 0) is 21.8 Å². The SMILES string of the molecule is CCOC(=O)N(C)NC(CC(=O)c1ccc([N+](=O)[O-])cc1)[C]1[CH][CH][CH][CH]1.[CH]1[CH][CH][CH][CH]1.[Fe+2]. The molecule has 1 atom stereocenters. The van der Waals surface area contributed by atoms with Crippen LogP contribution in [-0.4, -0.2) is 41.5 Å². The number of hydrogen-bond donors (Lipinski definition) is 1. The van der Waals surface area contributed by atoms with Crippen molar-refractivity contribution in [3.05, 3.63) is 104 Å². The summed E-state index contributed by atoms with van der Waals surface area (Å²) in [6, 6.07) is 5.00. The fourth-order valence-corrected chi connectivity index (χ4v) is 2.76. The summed E-state index contributed by atoms with van der Waals surface area (Å²) in [6.45, 7) is 1.95. The number of Topliss-reactive ketones (excluding diaryl/α,β-unsaturated/α-hetero) is 1. The summed E-state index contributed by atoms with van der Waals surface area (Å²) in [6.07, 6.45) is 16.9. The van der Waals surface area contributed by atoms with Crippen LogP contribution in [0.15, 0.2) is 24.3 Å². The molecule has 1 amide bonds. The Labute approximate surface area is 201 Å². The molecule has 0 saturated heterocycles. The van der Waals surface area contributed by atoms with Gasteiger partial charge in [-0.3, -0.25) is 14.9 Å². The number of nitro groups is 1. The standard InChI is InChI=1S/C18H20N3O5.C5H5.Fe/c1-3-26-18(23)20(2)19-16(13-6-4-5-7-13)12-17(22)14-8-10-15(11-9-14)21(24)25;1-2-4-5-3-1;/h4-11,16,19H,3,12H2,1-2H3;1-5H;/q;;+2. The fraction of sp³-hybridized carbons (Fsp3) is 0.217. The average Bonchev–Trinajstić information content (AvgIpc) is 3.50. The fourth-order valence-electron chi connectivity index (χ4n) is 2.76. The Morgan fingerprint density at radius 3 is 2.03 bits per heavy atom. The summed E-state index contributed by atoms with van der Waals surface area (Å²) >= 11 is 0. The number of hydrogen-bond acceptors (Lipinski definition) is 6. The number of nitro benzene ring substituents is 1. The number of hydrazine groups is 1. The number of non-ortho nitro benzene ring substituents is 1. The second-order valence-corrected chi connectivity index (χ2v) is 6.55. The number of ketones is 1. The Bertz CT molecular complexity index is 711. The number of benzene rings is 1. The Balaban J connectivity index is 0.000000750. The first kappa shape index (κ1) is 28.1. The summed E-state index contributed by atoms with van der Waals surface area (Å²) in [5.74, 6) is 0.646. The molecule has 0 heterocycles. The molecule has 0 aromatic heterocycles. The molecule has 2 saturated carbocycles. The molecule has 0 aliphatic heterocycles. The second kappa shape index (κ2) is 15.0. The van der Waals surface area contributed by atoms with E-state index in [1.165, 1.54) is 36.3 Å². The van der Waals surface area contributed by atoms with E-state index < -0.39 is 17.1 Å². The van der Waals surface area contributed by atoms with E-state index in [1.807, 2.05) is 57.8 Å². The Morgan fingerprint density at radius 1 is 1.03 bits per heavy atom. The summed E-state index contributed by atoms with van der Waals surface area (Å²) in [5, 5.41) is 11.9. The molecular formula is C23H25FeN3O5+2. The minimum Gasteiger partial charge on any atom is -0.449 e. The van der Waals surface area contributed by atoms with Crippen molar-refractivity contribution in [2.75, 3.05) is 13.7 Å². The van der Waals surface area contributed by atoms with Gasteiger partial charge < -0.3 is 4.74 Å². The molecule has 1 N–H and O–H groups in total. The molecule has 3 rings (SSSR count). The number of nitrogens with one attached hydrogen (secondary N) is 1. The van der Waals surface area contributed by atoms with Crippen molar-refractivity contribution in [2.45, 2.75) is 19.4 Å². The van der Waals surface area contributed by atoms with Gasteiger partial charge in [-0.05, 0) is 76.8 Å². The quantitative estimate of drug-likeness (QED) is 0.265. The smallest absolute Gasteiger partial charge is 0.449 e. The Kier molecular flexibility index (Phi) is 13.1. The van der Waals surface area contributed by atoms with Crippen LogP contribution in [0, 0.1) is 73.8 Å². The largest absolute Gasteiger partial charge is 2.00 e. The molecule has 2 aliphatic rings. The molecule has 0 bridgehead atoms. The van der Waals surface area contributed by atoms with E-state index in [9.17, 15) is 19.7 Å². The summed E-state index contributed by atoms with van der Waals surface area (Å²) in [4.78, 5) is 34.6. The second-order valence-electron chi connectivity index (χ2n) is 6.55. The van der Waals surface area contributed by atoms with Crippen LogP contribution in [0.2, 0.25) is 0 Å². The molecule has 2 aliphatic carbocycles. The topological polar surface area (TPSA) is 102 Å². The van der Waals surface area contributed by atoms with Gasteiger partial charge in [-0.15, -0.1) is 0 Å². The minimum atomic E-state index is -0.549. The van der Waals surface area contributed by atoms with E-state index >= 15 is 0 Å². The van der Waals surface area contributed by atoms with Crippen molar-refractivity contribution in [3.8, 4) is 0 Å². The molecule has 9 heteroatoms. The van der Waals surface area contributed by atoms with Crippen LogP contribution >= 0.6 is 0 Å². The van der Waals surface area contributed by atoms with Crippen LogP contribution < -0.4 is 5.43 Å². The summed E-state index contributed by atoms with van der Waals surface area (Å²) in [5.41, 5.74) is 3.26. The Morgan fingerprint density at radius 2 is 1.56 bits per heavy atom. The van der Waals surface area contributed by atoms with Crippen molar-refractivity contribution in [2.24, 2.45) is 0 Å². The van der Waals surface area contributed by atoms with Gasteiger partial charge in [0.1, 0.15) is 0 Å². The molecular weight excluding hydrogens is 454 g/mol. The first-order valence-electron chi connectivity index (χ1n) is 9.75. The molecule has 32 heavy (non-hydrogen) atoms. The van der Waals surface area contributed by atoms with Gasteiger partial charge in [0, 0.05) is 43.1 Å². The van der Waals surface area contributed by atoms with Gasteiger partial charge in [0.25, 0.3) is 5.69 Å². The zero-order chi connectivity index (χ0) is 22.6. The maximum absolute atomic E-state index is 12.6. The van der Waals surface area contributed by atoms with E-state index in [0.29, 0.717) is 5.56 Å². The van der Waals surface area contributed by atoms with Crippen LogP contribution in [0.5, 0.6) is 0 Å². The zero-order valence-corrected chi connectivity index (χ0v) is 18.9. The number of nitrogens with zero attached hydrogens (tertiary/aromatic N) is 2. The van der Waals surface area contributed by atoms with Crippen molar-refractivity contribution in [3.63, 3.8) is 0 Å². The normalized spacial score (nSPS) is 16.3. The molecule has 8 nitrogen and oxygen atoms in total. The van der Waals surface area contributed by atoms with Crippen molar-refractivity contribution in [1.82, 2.24) is 10.4 Å². The third-order valence-corrected chi connectivity index (χ3v) is 4.33. The Hall–Kier alpha value is -1.96. The first-order valence-corrected chi connectivity index (χ1v) is 9.75. The molecule has 1 aromatic rings. The zero-order valence-electron chi connectivity index (χ0n) is 17.8. The summed E-state index contributed by atoms with van der Waals surface area (Å²) < 4.78 is 4.92. The van der Waals surface area contributed by atoms with E-state index in [4.69, 9.17) is 4.74 Å². The molecule has 1 unspecified atom stereocenters. The third-order valence-electron chi connectivity index (χ3n) is 4.33. The number of ether oxygens (including phenoxy) is 1. The van der Waals surface area contributed by atoms with Gasteiger partial charge in [-0.1, -0.05) is 0 Å². The number of rotatable bonds is 8. The first-order chi connectivity index (χ1) is 14.9. The third kappa shape index (κ3) is 9.26. The molecule has 0 spiro atoms. The molecule has 2 fully saturated rings. The van der Waals surface area contributed by atoms with E-state index in [2.05, 4.69) is 5.43 Å². The average molecular weight is 479 g/mol. The monoisotopic (exact) mass is 479 g/mol. The number of carbonyl (C=O) groups excluding carboxylic acids is 2. The van der Waals surface area contributed by atoms with Gasteiger partial charge in [-0.25, -0.2) is 15.2 Å². The summed E-state index contributed by atoms with van der Waals surface area (Å²) in [7, 11) is 1.52. The van der Waals surface area contributed by atoms with E-state index in [1.54, 1.807) is 6.92 Å². The van der Waals surface area contributed by atoms with Crippen molar-refractivity contribution < 1.29 is 36.3 Å².